The molecule has 1 aromatic heterocycles. The smallest absolute Gasteiger partial charge is 0.137 e. The van der Waals surface area contributed by atoms with Crippen molar-refractivity contribution >= 4 is 23.2 Å². The molecule has 0 bridgehead atoms. The fraction of sp³-hybridized carbons (Fsp3) is 0.167. The van der Waals surface area contributed by atoms with E-state index in [0.717, 1.165) is 0 Å². The van der Waals surface area contributed by atoms with Crippen LogP contribution < -0.4 is 4.74 Å². The van der Waals surface area contributed by atoms with Crippen LogP contribution in [0.1, 0.15) is 25.0 Å². The van der Waals surface area contributed by atoms with Gasteiger partial charge in [-0.25, -0.2) is 9.67 Å². The third-order valence-corrected chi connectivity index (χ3v) is 5.11. The molecule has 1 N–H and O–H groups in total. The molecule has 0 fully saturated rings. The predicted octanol–water partition coefficient (Wildman–Crippen LogP) is 6.34. The van der Waals surface area contributed by atoms with E-state index in [1.165, 1.54) is 6.33 Å². The van der Waals surface area contributed by atoms with Crippen molar-refractivity contribution in [2.45, 2.75) is 26.0 Å². The van der Waals surface area contributed by atoms with E-state index in [2.05, 4.69) is 10.1 Å². The third-order valence-electron chi connectivity index (χ3n) is 4.54. The summed E-state index contributed by atoms with van der Waals surface area (Å²) in [5.41, 5.74) is -0.154. The maximum atomic E-state index is 11.7. The molecule has 5 nitrogen and oxygen atoms in total. The van der Waals surface area contributed by atoms with E-state index in [1.807, 2.05) is 44.2 Å². The van der Waals surface area contributed by atoms with Crippen molar-refractivity contribution in [3.8, 4) is 11.5 Å². The summed E-state index contributed by atoms with van der Waals surface area (Å²) in [4.78, 5) is 3.96. The Morgan fingerprint density at radius 1 is 0.935 bits per heavy atom. The molecule has 4 rings (SSSR count). The van der Waals surface area contributed by atoms with E-state index < -0.39 is 5.60 Å². The SMILES string of the molecule is CC.OC(Cn1cncn1)(c1ccccc1)c1ccc(Oc2ccc(Cl)cc2)cc1Cl. The summed E-state index contributed by atoms with van der Waals surface area (Å²) in [5.74, 6) is 1.19. The summed E-state index contributed by atoms with van der Waals surface area (Å²) >= 11 is 12.5. The number of hydrogen-bond acceptors (Lipinski definition) is 4. The van der Waals surface area contributed by atoms with Crippen molar-refractivity contribution in [1.82, 2.24) is 14.8 Å². The van der Waals surface area contributed by atoms with E-state index in [-0.39, 0.29) is 6.54 Å². The minimum atomic E-state index is -1.40. The second-order valence-electron chi connectivity index (χ2n) is 6.52. The predicted molar refractivity (Wildman–Crippen MR) is 124 cm³/mol. The molecule has 7 heteroatoms. The third kappa shape index (κ3) is 5.44. The molecule has 31 heavy (non-hydrogen) atoms. The van der Waals surface area contributed by atoms with Gasteiger partial charge in [0.15, 0.2) is 0 Å². The molecule has 0 amide bonds. The molecule has 0 saturated heterocycles. The van der Waals surface area contributed by atoms with Crippen LogP contribution >= 0.6 is 23.2 Å². The summed E-state index contributed by atoms with van der Waals surface area (Å²) in [6.07, 6.45) is 2.98. The van der Waals surface area contributed by atoms with Gasteiger partial charge in [-0.3, -0.25) is 0 Å². The molecular weight excluding hydrogens is 433 g/mol. The number of rotatable bonds is 6. The van der Waals surface area contributed by atoms with Crippen LogP contribution in [0.2, 0.25) is 10.0 Å². The summed E-state index contributed by atoms with van der Waals surface area (Å²) in [7, 11) is 0. The average Bonchev–Trinajstić information content (AvgIpc) is 3.30. The largest absolute Gasteiger partial charge is 0.457 e. The van der Waals surface area contributed by atoms with E-state index in [9.17, 15) is 5.11 Å². The van der Waals surface area contributed by atoms with Crippen LogP contribution in [0.5, 0.6) is 11.5 Å². The van der Waals surface area contributed by atoms with E-state index >= 15 is 0 Å². The number of benzene rings is 3. The molecule has 0 aliphatic heterocycles. The van der Waals surface area contributed by atoms with Crippen molar-refractivity contribution in [2.24, 2.45) is 0 Å². The highest BCUT2D eigenvalue weighted by Crippen LogP contribution is 2.38. The molecular formula is C24H23Cl2N3O2. The van der Waals surface area contributed by atoms with Crippen LogP contribution in [0.3, 0.4) is 0 Å². The molecule has 3 aromatic carbocycles. The standard InChI is InChI=1S/C22H17Cl2N3O2.C2H6/c23-17-6-8-18(9-7-17)29-19-10-11-20(21(24)12-19)22(28,13-27-15-25-14-26-27)16-4-2-1-3-5-16;1-2/h1-12,14-15,28H,13H2;1-2H3. The lowest BCUT2D eigenvalue weighted by Gasteiger charge is -2.30. The van der Waals surface area contributed by atoms with Crippen molar-refractivity contribution in [2.75, 3.05) is 0 Å². The summed E-state index contributed by atoms with van der Waals surface area (Å²) in [6, 6.07) is 21.6. The minimum absolute atomic E-state index is 0.161. The van der Waals surface area contributed by atoms with Gasteiger partial charge < -0.3 is 9.84 Å². The molecule has 1 heterocycles. The van der Waals surface area contributed by atoms with Crippen LogP contribution in [0.4, 0.5) is 0 Å². The van der Waals surface area contributed by atoms with Crippen molar-refractivity contribution in [3.05, 3.63) is 107 Å². The van der Waals surface area contributed by atoms with Crippen LogP contribution in [0, 0.1) is 0 Å². The zero-order valence-corrected chi connectivity index (χ0v) is 18.8. The zero-order chi connectivity index (χ0) is 22.3. The number of nitrogens with zero attached hydrogens (tertiary/aromatic N) is 3. The summed E-state index contributed by atoms with van der Waals surface area (Å²) in [6.45, 7) is 4.16. The van der Waals surface area contributed by atoms with E-state index in [4.69, 9.17) is 27.9 Å². The lowest BCUT2D eigenvalue weighted by Crippen LogP contribution is -2.33. The van der Waals surface area contributed by atoms with Gasteiger partial charge in [-0.15, -0.1) is 0 Å². The number of halogens is 2. The van der Waals surface area contributed by atoms with E-state index in [1.54, 1.807) is 53.5 Å². The molecule has 0 aliphatic rings. The first kappa shape index (κ1) is 22.8. The zero-order valence-electron chi connectivity index (χ0n) is 17.2. The van der Waals surface area contributed by atoms with Gasteiger partial charge in [0, 0.05) is 10.6 Å². The fourth-order valence-corrected chi connectivity index (χ4v) is 3.58. The second-order valence-corrected chi connectivity index (χ2v) is 7.36. The van der Waals surface area contributed by atoms with Gasteiger partial charge in [0.2, 0.25) is 0 Å². The second kappa shape index (κ2) is 10.4. The molecule has 0 aliphatic carbocycles. The molecule has 0 radical (unpaired) electrons. The van der Waals surface area contributed by atoms with Crippen molar-refractivity contribution in [3.63, 3.8) is 0 Å². The normalized spacial score (nSPS) is 12.4. The first-order valence-corrected chi connectivity index (χ1v) is 10.6. The van der Waals surface area contributed by atoms with Gasteiger partial charge in [0.25, 0.3) is 0 Å². The molecule has 1 atom stereocenters. The monoisotopic (exact) mass is 455 g/mol. The topological polar surface area (TPSA) is 60.2 Å². The van der Waals surface area contributed by atoms with Crippen molar-refractivity contribution < 1.29 is 9.84 Å². The Bertz CT molecular complexity index is 1090. The summed E-state index contributed by atoms with van der Waals surface area (Å²) < 4.78 is 7.41. The first-order chi connectivity index (χ1) is 15.0. The fourth-order valence-electron chi connectivity index (χ4n) is 3.13. The number of hydrogen-bond donors (Lipinski definition) is 1. The van der Waals surface area contributed by atoms with Crippen LogP contribution in [-0.2, 0) is 12.1 Å². The van der Waals surface area contributed by atoms with Gasteiger partial charge in [0.1, 0.15) is 29.8 Å². The maximum Gasteiger partial charge on any atom is 0.137 e. The highest BCUT2D eigenvalue weighted by atomic mass is 35.5. The Morgan fingerprint density at radius 3 is 2.23 bits per heavy atom. The summed E-state index contributed by atoms with van der Waals surface area (Å²) in [5, 5.41) is 16.8. The van der Waals surface area contributed by atoms with Gasteiger partial charge in [-0.2, -0.15) is 5.10 Å². The van der Waals surface area contributed by atoms with Crippen molar-refractivity contribution in [1.29, 1.82) is 0 Å². The molecule has 4 aromatic rings. The van der Waals surface area contributed by atoms with Gasteiger partial charge in [-0.1, -0.05) is 73.4 Å². The Labute approximate surface area is 191 Å². The van der Waals surface area contributed by atoms with Crippen LogP contribution in [0.15, 0.2) is 85.5 Å². The molecule has 160 valence electrons. The maximum absolute atomic E-state index is 11.7. The van der Waals surface area contributed by atoms with E-state index in [0.29, 0.717) is 32.7 Å². The van der Waals surface area contributed by atoms with Crippen LogP contribution in [-0.4, -0.2) is 19.9 Å². The highest BCUT2D eigenvalue weighted by Gasteiger charge is 2.34. The Kier molecular flexibility index (Phi) is 7.69. The average molecular weight is 456 g/mol. The number of aliphatic hydroxyl groups is 1. The van der Waals surface area contributed by atoms with Gasteiger partial charge in [0.05, 0.1) is 11.6 Å². The molecule has 0 spiro atoms. The number of aromatic nitrogens is 3. The lowest BCUT2D eigenvalue weighted by atomic mass is 9.86. The highest BCUT2D eigenvalue weighted by molar-refractivity contribution is 6.31. The quantitative estimate of drug-likeness (QED) is 0.368. The lowest BCUT2D eigenvalue weighted by molar-refractivity contribution is 0.0573. The molecule has 1 unspecified atom stereocenters. The Balaban J connectivity index is 0.00000132. The number of ether oxygens (including phenoxy) is 1. The van der Waals surface area contributed by atoms with Crippen LogP contribution in [0.25, 0.3) is 0 Å². The minimum Gasteiger partial charge on any atom is -0.457 e. The first-order valence-electron chi connectivity index (χ1n) is 9.88. The van der Waals surface area contributed by atoms with Gasteiger partial charge in [-0.05, 0) is 42.0 Å². The Morgan fingerprint density at radius 2 is 1.61 bits per heavy atom. The Hall–Kier alpha value is -2.86. The van der Waals surface area contributed by atoms with Gasteiger partial charge >= 0.3 is 0 Å². The molecule has 0 saturated carbocycles.